The number of carbonyl (C=O) groups is 2. The molecule has 0 saturated heterocycles. The molecule has 1 aliphatic carbocycles. The van der Waals surface area contributed by atoms with Crippen molar-refractivity contribution in [2.75, 3.05) is 10.6 Å². The van der Waals surface area contributed by atoms with Gasteiger partial charge in [0.15, 0.2) is 0 Å². The van der Waals surface area contributed by atoms with Gasteiger partial charge >= 0.3 is 0 Å². The van der Waals surface area contributed by atoms with Crippen molar-refractivity contribution in [1.29, 1.82) is 0 Å². The Morgan fingerprint density at radius 1 is 1.03 bits per heavy atom. The van der Waals surface area contributed by atoms with Crippen LogP contribution in [0.4, 0.5) is 10.7 Å². The van der Waals surface area contributed by atoms with Crippen LogP contribution in [0.2, 0.25) is 5.02 Å². The van der Waals surface area contributed by atoms with Crippen molar-refractivity contribution >= 4 is 45.4 Å². The number of benzene rings is 2. The Morgan fingerprint density at radius 2 is 1.79 bits per heavy atom. The van der Waals surface area contributed by atoms with E-state index in [0.29, 0.717) is 32.8 Å². The molecule has 1 aliphatic rings. The second kappa shape index (κ2) is 9.32. The molecule has 0 fully saturated rings. The normalized spacial score (nSPS) is 15.6. The third-order valence-electron chi connectivity index (χ3n) is 6.42. The number of anilines is 2. The predicted molar refractivity (Wildman–Crippen MR) is 138 cm³/mol. The lowest BCUT2D eigenvalue weighted by Gasteiger charge is -2.33. The highest BCUT2D eigenvalue weighted by Crippen LogP contribution is 2.44. The summed E-state index contributed by atoms with van der Waals surface area (Å²) in [5, 5.41) is 7.19. The van der Waals surface area contributed by atoms with Crippen LogP contribution < -0.4 is 10.6 Å². The summed E-state index contributed by atoms with van der Waals surface area (Å²) in [6.45, 7) is 8.72. The number of hydrogen-bond acceptors (Lipinski definition) is 3. The Bertz CT molecular complexity index is 1210. The molecule has 2 amide bonds. The Balaban J connectivity index is 1.70. The van der Waals surface area contributed by atoms with Crippen LogP contribution in [0, 0.1) is 18.3 Å². The van der Waals surface area contributed by atoms with Gasteiger partial charge in [-0.3, -0.25) is 9.59 Å². The molecule has 0 saturated carbocycles. The van der Waals surface area contributed by atoms with Gasteiger partial charge in [-0.2, -0.15) is 0 Å². The zero-order valence-corrected chi connectivity index (χ0v) is 21.0. The predicted octanol–water partition coefficient (Wildman–Crippen LogP) is 7.37. The summed E-state index contributed by atoms with van der Waals surface area (Å²) in [7, 11) is 0. The molecule has 0 aliphatic heterocycles. The van der Waals surface area contributed by atoms with Crippen molar-refractivity contribution in [1.82, 2.24) is 0 Å². The van der Waals surface area contributed by atoms with E-state index in [9.17, 15) is 9.59 Å². The smallest absolute Gasteiger partial charge is 0.258 e. The quantitative estimate of drug-likeness (QED) is 0.409. The summed E-state index contributed by atoms with van der Waals surface area (Å²) in [4.78, 5) is 27.7. The molecular formula is C27H29ClN2O2S. The highest BCUT2D eigenvalue weighted by molar-refractivity contribution is 7.17. The number of rotatable bonds is 4. The highest BCUT2D eigenvalue weighted by atomic mass is 35.5. The molecule has 0 spiro atoms. The Morgan fingerprint density at radius 3 is 2.48 bits per heavy atom. The minimum atomic E-state index is -0.218. The minimum absolute atomic E-state index is 0.190. The van der Waals surface area contributed by atoms with Crippen LogP contribution in [-0.4, -0.2) is 11.8 Å². The van der Waals surface area contributed by atoms with E-state index in [1.165, 1.54) is 16.2 Å². The average Bonchev–Trinajstić information content (AvgIpc) is 3.10. The van der Waals surface area contributed by atoms with E-state index in [4.69, 9.17) is 11.6 Å². The molecule has 2 aromatic carbocycles. The Kier molecular flexibility index (Phi) is 6.64. The van der Waals surface area contributed by atoms with E-state index in [1.54, 1.807) is 24.3 Å². The molecule has 172 valence electrons. The molecule has 33 heavy (non-hydrogen) atoms. The fourth-order valence-corrected chi connectivity index (χ4v) is 5.92. The van der Waals surface area contributed by atoms with E-state index < -0.39 is 0 Å². The van der Waals surface area contributed by atoms with Gasteiger partial charge in [-0.15, -0.1) is 11.3 Å². The molecule has 6 heteroatoms. The zero-order chi connectivity index (χ0) is 23.8. The lowest BCUT2D eigenvalue weighted by molar-refractivity contribution is 0.102. The molecule has 3 aromatic rings. The summed E-state index contributed by atoms with van der Waals surface area (Å²) >= 11 is 7.64. The van der Waals surface area contributed by atoms with E-state index >= 15 is 0 Å². The highest BCUT2D eigenvalue weighted by Gasteiger charge is 2.34. The maximum absolute atomic E-state index is 13.4. The van der Waals surface area contributed by atoms with Gasteiger partial charge in [-0.1, -0.05) is 56.6 Å². The second-order valence-electron chi connectivity index (χ2n) is 9.75. The summed E-state index contributed by atoms with van der Waals surface area (Å²) in [6.07, 6.45) is 2.77. The van der Waals surface area contributed by atoms with Crippen LogP contribution in [0.1, 0.15) is 63.9 Å². The molecule has 0 bridgehead atoms. The number of halogens is 1. The Labute approximate surface area is 204 Å². The molecular weight excluding hydrogens is 452 g/mol. The molecule has 4 rings (SSSR count). The van der Waals surface area contributed by atoms with Gasteiger partial charge in [0.1, 0.15) is 5.00 Å². The second-order valence-corrected chi connectivity index (χ2v) is 11.3. The van der Waals surface area contributed by atoms with Crippen LogP contribution in [0.3, 0.4) is 0 Å². The van der Waals surface area contributed by atoms with Crippen LogP contribution in [0.5, 0.6) is 0 Å². The monoisotopic (exact) mass is 480 g/mol. The number of carbonyl (C=O) groups excluding carboxylic acids is 2. The molecule has 4 nitrogen and oxygen atoms in total. The van der Waals surface area contributed by atoms with Crippen LogP contribution >= 0.6 is 22.9 Å². The lowest BCUT2D eigenvalue weighted by Crippen LogP contribution is -2.27. The number of nitrogens with one attached hydrogen (secondary N) is 2. The van der Waals surface area contributed by atoms with Crippen molar-refractivity contribution in [3.8, 4) is 0 Å². The van der Waals surface area contributed by atoms with Crippen LogP contribution in [0.15, 0.2) is 48.5 Å². The first kappa shape index (κ1) is 23.5. The van der Waals surface area contributed by atoms with Crippen molar-refractivity contribution in [3.63, 3.8) is 0 Å². The van der Waals surface area contributed by atoms with Gasteiger partial charge in [-0.05, 0) is 72.9 Å². The Hall–Kier alpha value is -2.63. The number of fused-ring (bicyclic) bond motifs is 1. The summed E-state index contributed by atoms with van der Waals surface area (Å²) in [5.74, 6) is 0.118. The van der Waals surface area contributed by atoms with Crippen LogP contribution in [-0.2, 0) is 12.8 Å². The maximum Gasteiger partial charge on any atom is 0.258 e. The first-order chi connectivity index (χ1) is 15.6. The third-order valence-corrected chi connectivity index (χ3v) is 7.82. The summed E-state index contributed by atoms with van der Waals surface area (Å²) in [5.41, 5.74) is 3.96. The SMILES string of the molecule is Cc1ccccc1C(=O)Nc1sc2c(c1C(=O)Nc1cccc(Cl)c1)CCC(C(C)(C)C)C2. The summed E-state index contributed by atoms with van der Waals surface area (Å²) < 4.78 is 0. The molecule has 2 N–H and O–H groups in total. The van der Waals surface area contributed by atoms with Crippen molar-refractivity contribution < 1.29 is 9.59 Å². The molecule has 1 atom stereocenters. The number of hydrogen-bond donors (Lipinski definition) is 2. The molecule has 1 unspecified atom stereocenters. The average molecular weight is 481 g/mol. The van der Waals surface area contributed by atoms with Gasteiger partial charge in [0.25, 0.3) is 11.8 Å². The molecule has 1 aromatic heterocycles. The van der Waals surface area contributed by atoms with Gasteiger partial charge in [0.2, 0.25) is 0 Å². The van der Waals surface area contributed by atoms with Crippen LogP contribution in [0.25, 0.3) is 0 Å². The lowest BCUT2D eigenvalue weighted by atomic mass is 9.72. The van der Waals surface area contributed by atoms with E-state index in [-0.39, 0.29) is 17.2 Å². The first-order valence-corrected chi connectivity index (χ1v) is 12.4. The maximum atomic E-state index is 13.4. The standard InChI is InChI=1S/C27H29ClN2O2S/c1-16-8-5-6-11-20(16)24(31)30-26-23(25(32)29-19-10-7-9-18(28)15-19)21-13-12-17(27(2,3)4)14-22(21)33-26/h5-11,15,17H,12-14H2,1-4H3,(H,29,32)(H,30,31). The number of amides is 2. The van der Waals surface area contributed by atoms with Gasteiger partial charge in [0.05, 0.1) is 5.56 Å². The zero-order valence-electron chi connectivity index (χ0n) is 19.4. The van der Waals surface area contributed by atoms with E-state index in [2.05, 4.69) is 31.4 Å². The first-order valence-electron chi connectivity index (χ1n) is 11.2. The van der Waals surface area contributed by atoms with E-state index in [0.717, 1.165) is 30.4 Å². The fourth-order valence-electron chi connectivity index (χ4n) is 4.41. The number of thiophene rings is 1. The topological polar surface area (TPSA) is 58.2 Å². The van der Waals surface area contributed by atoms with Gasteiger partial charge < -0.3 is 10.6 Å². The summed E-state index contributed by atoms with van der Waals surface area (Å²) in [6, 6.07) is 14.6. The van der Waals surface area contributed by atoms with Crippen molar-refractivity contribution in [3.05, 3.63) is 80.7 Å². The van der Waals surface area contributed by atoms with E-state index in [1.807, 2.05) is 31.2 Å². The fraction of sp³-hybridized carbons (Fsp3) is 0.333. The third kappa shape index (κ3) is 5.15. The van der Waals surface area contributed by atoms with Gasteiger partial charge in [0, 0.05) is 21.2 Å². The molecule has 0 radical (unpaired) electrons. The molecule has 1 heterocycles. The van der Waals surface area contributed by atoms with Crippen molar-refractivity contribution in [2.45, 2.75) is 47.0 Å². The minimum Gasteiger partial charge on any atom is -0.322 e. The van der Waals surface area contributed by atoms with Crippen molar-refractivity contribution in [2.24, 2.45) is 11.3 Å². The largest absolute Gasteiger partial charge is 0.322 e. The number of aryl methyl sites for hydroxylation is 1. The van der Waals surface area contributed by atoms with Gasteiger partial charge in [-0.25, -0.2) is 0 Å².